The lowest BCUT2D eigenvalue weighted by atomic mass is 10.3. The van der Waals surface area contributed by atoms with Crippen LogP contribution < -0.4 is 10.1 Å². The Bertz CT molecular complexity index is 664. The lowest BCUT2D eigenvalue weighted by Crippen LogP contribution is -1.88. The molecule has 0 spiro atoms. The highest BCUT2D eigenvalue weighted by Gasteiger charge is 2.08. The highest BCUT2D eigenvalue weighted by Crippen LogP contribution is 2.33. The summed E-state index contributed by atoms with van der Waals surface area (Å²) in [5, 5.41) is 4.17. The second-order valence-corrected chi connectivity index (χ2v) is 4.85. The lowest BCUT2D eigenvalue weighted by Gasteiger charge is -2.00. The Morgan fingerprint density at radius 3 is 2.67 bits per heavy atom. The predicted octanol–water partition coefficient (Wildman–Crippen LogP) is 4.05. The van der Waals surface area contributed by atoms with Crippen molar-refractivity contribution in [1.82, 2.24) is 4.98 Å². The van der Waals surface area contributed by atoms with Gasteiger partial charge in [0.15, 0.2) is 5.13 Å². The molecule has 0 aliphatic heterocycles. The predicted molar refractivity (Wildman–Crippen MR) is 75.9 cm³/mol. The van der Waals surface area contributed by atoms with E-state index in [0.717, 1.165) is 26.8 Å². The Kier molecular flexibility index (Phi) is 2.86. The van der Waals surface area contributed by atoms with Crippen LogP contribution in [0.4, 0.5) is 10.8 Å². The number of aromatic nitrogens is 1. The number of benzene rings is 2. The monoisotopic (exact) mass is 256 g/mol. The number of thiazole rings is 1. The summed E-state index contributed by atoms with van der Waals surface area (Å²) < 4.78 is 6.43. The fourth-order valence-corrected chi connectivity index (χ4v) is 2.69. The van der Waals surface area contributed by atoms with Gasteiger partial charge in [0.25, 0.3) is 0 Å². The second-order valence-electron chi connectivity index (χ2n) is 3.82. The number of hydrogen-bond acceptors (Lipinski definition) is 4. The van der Waals surface area contributed by atoms with Crippen LogP contribution in [0.25, 0.3) is 10.2 Å². The third-order valence-electron chi connectivity index (χ3n) is 2.63. The first-order valence-electron chi connectivity index (χ1n) is 5.62. The highest BCUT2D eigenvalue weighted by atomic mass is 32.1. The van der Waals surface area contributed by atoms with E-state index in [2.05, 4.69) is 10.3 Å². The molecule has 1 heterocycles. The van der Waals surface area contributed by atoms with E-state index >= 15 is 0 Å². The van der Waals surface area contributed by atoms with E-state index in [1.54, 1.807) is 18.4 Å². The van der Waals surface area contributed by atoms with Crippen molar-refractivity contribution in [2.24, 2.45) is 0 Å². The highest BCUT2D eigenvalue weighted by molar-refractivity contribution is 7.22. The molecule has 0 aliphatic rings. The minimum atomic E-state index is 0.810. The van der Waals surface area contributed by atoms with Crippen molar-refractivity contribution < 1.29 is 4.74 Å². The van der Waals surface area contributed by atoms with E-state index in [0.29, 0.717) is 0 Å². The Labute approximate surface area is 109 Å². The van der Waals surface area contributed by atoms with Crippen molar-refractivity contribution >= 4 is 32.4 Å². The van der Waals surface area contributed by atoms with Gasteiger partial charge in [0.05, 0.1) is 11.8 Å². The topological polar surface area (TPSA) is 34.1 Å². The van der Waals surface area contributed by atoms with Gasteiger partial charge in [0.1, 0.15) is 11.3 Å². The van der Waals surface area contributed by atoms with E-state index in [9.17, 15) is 0 Å². The first-order chi connectivity index (χ1) is 8.86. The van der Waals surface area contributed by atoms with Gasteiger partial charge in [0.2, 0.25) is 0 Å². The fourth-order valence-electron chi connectivity index (χ4n) is 1.79. The van der Waals surface area contributed by atoms with Crippen molar-refractivity contribution in [2.45, 2.75) is 0 Å². The smallest absolute Gasteiger partial charge is 0.188 e. The number of para-hydroxylation sites is 2. The van der Waals surface area contributed by atoms with Crippen LogP contribution in [0, 0.1) is 0 Å². The summed E-state index contributed by atoms with van der Waals surface area (Å²) in [6.07, 6.45) is 0. The third-order valence-corrected chi connectivity index (χ3v) is 3.56. The van der Waals surface area contributed by atoms with Gasteiger partial charge in [0, 0.05) is 5.69 Å². The van der Waals surface area contributed by atoms with Crippen molar-refractivity contribution in [2.75, 3.05) is 12.4 Å². The first kappa shape index (κ1) is 11.0. The maximum Gasteiger partial charge on any atom is 0.188 e. The molecule has 1 N–H and O–H groups in total. The summed E-state index contributed by atoms with van der Waals surface area (Å²) in [5.41, 5.74) is 1.94. The molecule has 0 aliphatic carbocycles. The summed E-state index contributed by atoms with van der Waals surface area (Å²) in [7, 11) is 1.67. The van der Waals surface area contributed by atoms with Gasteiger partial charge in [-0.3, -0.25) is 0 Å². The van der Waals surface area contributed by atoms with E-state index < -0.39 is 0 Å². The molecule has 4 heteroatoms. The largest absolute Gasteiger partial charge is 0.494 e. The summed E-state index contributed by atoms with van der Waals surface area (Å²) in [6, 6.07) is 16.0. The van der Waals surface area contributed by atoms with E-state index in [1.165, 1.54) is 0 Å². The molecular formula is C14H12N2OS. The minimum absolute atomic E-state index is 0.810. The Morgan fingerprint density at radius 1 is 1.06 bits per heavy atom. The number of anilines is 2. The molecular weight excluding hydrogens is 244 g/mol. The Hall–Kier alpha value is -2.07. The molecule has 3 nitrogen and oxygen atoms in total. The van der Waals surface area contributed by atoms with Gasteiger partial charge < -0.3 is 10.1 Å². The van der Waals surface area contributed by atoms with E-state index in [4.69, 9.17) is 4.74 Å². The van der Waals surface area contributed by atoms with Crippen molar-refractivity contribution in [3.63, 3.8) is 0 Å². The number of fused-ring (bicyclic) bond motifs is 1. The normalized spacial score (nSPS) is 10.5. The number of hydrogen-bond donors (Lipinski definition) is 1. The molecule has 18 heavy (non-hydrogen) atoms. The molecule has 0 unspecified atom stereocenters. The molecule has 0 radical (unpaired) electrons. The first-order valence-corrected chi connectivity index (χ1v) is 6.44. The van der Waals surface area contributed by atoms with Crippen LogP contribution in [0.1, 0.15) is 0 Å². The van der Waals surface area contributed by atoms with Crippen LogP contribution in [0.15, 0.2) is 48.5 Å². The lowest BCUT2D eigenvalue weighted by molar-refractivity contribution is 0.419. The SMILES string of the molecule is COc1cccc2sc(Nc3ccccc3)nc12. The Balaban J connectivity index is 1.99. The zero-order chi connectivity index (χ0) is 12.4. The number of nitrogens with one attached hydrogen (secondary N) is 1. The van der Waals surface area contributed by atoms with Gasteiger partial charge in [-0.1, -0.05) is 35.6 Å². The molecule has 3 rings (SSSR count). The average molecular weight is 256 g/mol. The number of ether oxygens (including phenoxy) is 1. The van der Waals surface area contributed by atoms with Crippen LogP contribution >= 0.6 is 11.3 Å². The minimum Gasteiger partial charge on any atom is -0.494 e. The number of rotatable bonds is 3. The van der Waals surface area contributed by atoms with Crippen LogP contribution in [-0.4, -0.2) is 12.1 Å². The fraction of sp³-hybridized carbons (Fsp3) is 0.0714. The molecule has 0 amide bonds. The molecule has 0 bridgehead atoms. The maximum atomic E-state index is 5.31. The molecule has 0 saturated heterocycles. The maximum absolute atomic E-state index is 5.31. The van der Waals surface area contributed by atoms with Gasteiger partial charge in [-0.25, -0.2) is 4.98 Å². The van der Waals surface area contributed by atoms with Crippen LogP contribution in [0.3, 0.4) is 0 Å². The second kappa shape index (κ2) is 4.66. The zero-order valence-corrected chi connectivity index (χ0v) is 10.7. The molecule has 90 valence electrons. The summed E-state index contributed by atoms with van der Waals surface area (Å²) in [6.45, 7) is 0. The summed E-state index contributed by atoms with van der Waals surface area (Å²) in [4.78, 5) is 4.56. The average Bonchev–Trinajstić information content (AvgIpc) is 2.82. The number of methoxy groups -OCH3 is 1. The molecule has 2 aromatic carbocycles. The molecule has 3 aromatic rings. The van der Waals surface area contributed by atoms with Crippen LogP contribution in [0.2, 0.25) is 0 Å². The van der Waals surface area contributed by atoms with E-state index in [-0.39, 0.29) is 0 Å². The molecule has 0 fully saturated rings. The summed E-state index contributed by atoms with van der Waals surface area (Å²) >= 11 is 1.62. The van der Waals surface area contributed by atoms with Crippen LogP contribution in [0.5, 0.6) is 5.75 Å². The van der Waals surface area contributed by atoms with E-state index in [1.807, 2.05) is 48.5 Å². The molecule has 0 saturated carbocycles. The van der Waals surface area contributed by atoms with Crippen molar-refractivity contribution in [3.8, 4) is 5.75 Å². The van der Waals surface area contributed by atoms with Crippen molar-refractivity contribution in [1.29, 1.82) is 0 Å². The van der Waals surface area contributed by atoms with Crippen molar-refractivity contribution in [3.05, 3.63) is 48.5 Å². The summed E-state index contributed by atoms with van der Waals surface area (Å²) in [5.74, 6) is 0.810. The van der Waals surface area contributed by atoms with Gasteiger partial charge in [-0.15, -0.1) is 0 Å². The quantitative estimate of drug-likeness (QED) is 0.767. The van der Waals surface area contributed by atoms with Gasteiger partial charge in [-0.2, -0.15) is 0 Å². The van der Waals surface area contributed by atoms with Gasteiger partial charge in [-0.05, 0) is 24.3 Å². The molecule has 0 atom stereocenters. The number of nitrogens with zero attached hydrogens (tertiary/aromatic N) is 1. The standard InChI is InChI=1S/C14H12N2OS/c1-17-11-8-5-9-12-13(11)16-14(18-12)15-10-6-3-2-4-7-10/h2-9H,1H3,(H,15,16). The van der Waals surface area contributed by atoms with Crippen LogP contribution in [-0.2, 0) is 0 Å². The Morgan fingerprint density at radius 2 is 1.89 bits per heavy atom. The third kappa shape index (κ3) is 2.02. The zero-order valence-electron chi connectivity index (χ0n) is 9.88. The molecule has 1 aromatic heterocycles. The van der Waals surface area contributed by atoms with Gasteiger partial charge >= 0.3 is 0 Å².